The van der Waals surface area contributed by atoms with E-state index in [-0.39, 0.29) is 23.3 Å². The average molecular weight is 296 g/mol. The lowest BCUT2D eigenvalue weighted by Crippen LogP contribution is -2.30. The van der Waals surface area contributed by atoms with Crippen molar-refractivity contribution >= 4 is 21.4 Å². The Morgan fingerprint density at radius 2 is 1.95 bits per heavy atom. The molecule has 0 aliphatic carbocycles. The molecule has 1 aliphatic heterocycles. The van der Waals surface area contributed by atoms with Gasteiger partial charge in [-0.2, -0.15) is 0 Å². The molecular weight excluding hydrogens is 276 g/mol. The zero-order valence-electron chi connectivity index (χ0n) is 11.8. The second-order valence-corrected chi connectivity index (χ2v) is 7.61. The monoisotopic (exact) mass is 296 g/mol. The highest BCUT2D eigenvalue weighted by Crippen LogP contribution is 2.18. The minimum absolute atomic E-state index is 0.0155. The van der Waals surface area contributed by atoms with E-state index >= 15 is 0 Å². The number of benzene rings is 1. The first-order valence-electron chi connectivity index (χ1n) is 6.62. The Morgan fingerprint density at radius 3 is 2.45 bits per heavy atom. The fraction of sp³-hybridized carbons (Fsp3) is 0.500. The van der Waals surface area contributed by atoms with Crippen LogP contribution >= 0.6 is 0 Å². The molecule has 2 rings (SSSR count). The summed E-state index contributed by atoms with van der Waals surface area (Å²) in [5.41, 5.74) is 2.10. The van der Waals surface area contributed by atoms with Crippen LogP contribution in [-0.4, -0.2) is 39.9 Å². The topological polar surface area (TPSA) is 66.5 Å². The summed E-state index contributed by atoms with van der Waals surface area (Å²) >= 11 is 0. The molecule has 0 saturated carbocycles. The predicted octanol–water partition coefficient (Wildman–Crippen LogP) is 0.803. The first kappa shape index (κ1) is 14.8. The summed E-state index contributed by atoms with van der Waals surface area (Å²) in [6, 6.07) is 7.89. The van der Waals surface area contributed by atoms with Crippen molar-refractivity contribution in [2.24, 2.45) is 5.92 Å². The van der Waals surface area contributed by atoms with Gasteiger partial charge in [-0.3, -0.25) is 4.79 Å². The summed E-state index contributed by atoms with van der Waals surface area (Å²) in [6.07, 6.45) is 0.438. The number of nitrogens with one attached hydrogen (secondary N) is 1. The molecule has 1 saturated heterocycles. The molecule has 1 heterocycles. The summed E-state index contributed by atoms with van der Waals surface area (Å²) in [6.45, 7) is 0.434. The van der Waals surface area contributed by atoms with Crippen molar-refractivity contribution in [1.29, 1.82) is 0 Å². The van der Waals surface area contributed by atoms with Gasteiger partial charge in [-0.1, -0.05) is 12.1 Å². The summed E-state index contributed by atoms with van der Waals surface area (Å²) < 4.78 is 22.7. The van der Waals surface area contributed by atoms with Gasteiger partial charge in [-0.05, 0) is 24.1 Å². The molecule has 1 N–H and O–H groups in total. The van der Waals surface area contributed by atoms with Gasteiger partial charge in [0.05, 0.1) is 17.4 Å². The smallest absolute Gasteiger partial charge is 0.224 e. The van der Waals surface area contributed by atoms with Gasteiger partial charge in [0.1, 0.15) is 0 Å². The highest BCUT2D eigenvalue weighted by molar-refractivity contribution is 7.91. The largest absolute Gasteiger partial charge is 0.378 e. The van der Waals surface area contributed by atoms with Gasteiger partial charge >= 0.3 is 0 Å². The molecule has 0 spiro atoms. The summed E-state index contributed by atoms with van der Waals surface area (Å²) in [5.74, 6) is -0.440. The van der Waals surface area contributed by atoms with Gasteiger partial charge in [0.2, 0.25) is 5.91 Å². The van der Waals surface area contributed by atoms with Crippen LogP contribution in [0.3, 0.4) is 0 Å². The lowest BCUT2D eigenvalue weighted by molar-refractivity contribution is -0.124. The van der Waals surface area contributed by atoms with Crippen molar-refractivity contribution in [3.05, 3.63) is 29.8 Å². The Balaban J connectivity index is 1.87. The van der Waals surface area contributed by atoms with E-state index in [2.05, 4.69) is 5.32 Å². The molecule has 0 radical (unpaired) electrons. The summed E-state index contributed by atoms with van der Waals surface area (Å²) in [5, 5.41) is 2.81. The molecule has 1 aliphatic rings. The summed E-state index contributed by atoms with van der Waals surface area (Å²) in [4.78, 5) is 13.9. The molecule has 0 bridgehead atoms. The molecule has 1 atom stereocenters. The lowest BCUT2D eigenvalue weighted by atomic mass is 10.1. The Kier molecular flexibility index (Phi) is 4.32. The molecule has 5 nitrogen and oxygen atoms in total. The quantitative estimate of drug-likeness (QED) is 0.892. The van der Waals surface area contributed by atoms with Crippen LogP contribution in [0.1, 0.15) is 12.0 Å². The molecular formula is C14H20N2O3S. The van der Waals surface area contributed by atoms with Crippen LogP contribution in [0, 0.1) is 5.92 Å². The zero-order chi connectivity index (χ0) is 14.8. The number of hydrogen-bond donors (Lipinski definition) is 1. The van der Waals surface area contributed by atoms with Gasteiger partial charge in [0.15, 0.2) is 9.84 Å². The van der Waals surface area contributed by atoms with Crippen molar-refractivity contribution in [2.45, 2.75) is 13.0 Å². The Hall–Kier alpha value is -1.56. The number of hydrogen-bond acceptors (Lipinski definition) is 4. The van der Waals surface area contributed by atoms with Crippen LogP contribution in [0.4, 0.5) is 5.69 Å². The van der Waals surface area contributed by atoms with Crippen molar-refractivity contribution in [3.8, 4) is 0 Å². The van der Waals surface area contributed by atoms with Gasteiger partial charge in [-0.25, -0.2) is 8.42 Å². The van der Waals surface area contributed by atoms with Crippen molar-refractivity contribution in [3.63, 3.8) is 0 Å². The van der Waals surface area contributed by atoms with Crippen LogP contribution in [0.25, 0.3) is 0 Å². The Morgan fingerprint density at radius 1 is 1.30 bits per heavy atom. The average Bonchev–Trinajstić information content (AvgIpc) is 2.77. The lowest BCUT2D eigenvalue weighted by Gasteiger charge is -2.13. The number of amides is 1. The van der Waals surface area contributed by atoms with E-state index in [0.29, 0.717) is 13.0 Å². The minimum Gasteiger partial charge on any atom is -0.378 e. The van der Waals surface area contributed by atoms with Crippen molar-refractivity contribution < 1.29 is 13.2 Å². The number of carbonyl (C=O) groups is 1. The molecule has 0 aromatic heterocycles. The van der Waals surface area contributed by atoms with E-state index in [4.69, 9.17) is 0 Å². The van der Waals surface area contributed by atoms with Gasteiger partial charge in [0, 0.05) is 26.3 Å². The Labute approximate surface area is 119 Å². The number of carbonyl (C=O) groups excluding carboxylic acids is 1. The molecule has 1 amide bonds. The molecule has 0 unspecified atom stereocenters. The minimum atomic E-state index is -3.00. The maximum atomic E-state index is 11.9. The third-order valence-electron chi connectivity index (χ3n) is 3.52. The first-order chi connectivity index (χ1) is 9.37. The Bertz CT molecular complexity index is 579. The number of nitrogens with zero attached hydrogens (tertiary/aromatic N) is 1. The molecule has 1 aromatic carbocycles. The van der Waals surface area contributed by atoms with Crippen LogP contribution in [-0.2, 0) is 21.2 Å². The van der Waals surface area contributed by atoms with Gasteiger partial charge < -0.3 is 10.2 Å². The highest BCUT2D eigenvalue weighted by Gasteiger charge is 2.32. The number of anilines is 1. The van der Waals surface area contributed by atoms with Gasteiger partial charge in [-0.15, -0.1) is 0 Å². The van der Waals surface area contributed by atoms with Crippen LogP contribution < -0.4 is 10.2 Å². The SMILES string of the molecule is CN(C)c1ccc(CNC(=O)[C@@H]2CCS(=O)(=O)C2)cc1. The van der Waals surface area contributed by atoms with E-state index in [0.717, 1.165) is 11.3 Å². The maximum absolute atomic E-state index is 11.9. The van der Waals surface area contributed by atoms with Gasteiger partial charge in [0.25, 0.3) is 0 Å². The summed E-state index contributed by atoms with van der Waals surface area (Å²) in [7, 11) is 0.934. The third-order valence-corrected chi connectivity index (χ3v) is 5.29. The molecule has 1 aromatic rings. The van der Waals surface area contributed by atoms with Crippen molar-refractivity contribution in [1.82, 2.24) is 5.32 Å². The normalized spacial score (nSPS) is 20.6. The fourth-order valence-electron chi connectivity index (χ4n) is 2.25. The van der Waals surface area contributed by atoms with Crippen LogP contribution in [0.5, 0.6) is 0 Å². The van der Waals surface area contributed by atoms with Crippen LogP contribution in [0.2, 0.25) is 0 Å². The van der Waals surface area contributed by atoms with E-state index in [9.17, 15) is 13.2 Å². The second kappa shape index (κ2) is 5.83. The third kappa shape index (κ3) is 3.72. The van der Waals surface area contributed by atoms with E-state index in [1.54, 1.807) is 0 Å². The van der Waals surface area contributed by atoms with Crippen LogP contribution in [0.15, 0.2) is 24.3 Å². The molecule has 110 valence electrons. The molecule has 6 heteroatoms. The number of sulfone groups is 1. The number of rotatable bonds is 4. The molecule has 20 heavy (non-hydrogen) atoms. The van der Waals surface area contributed by atoms with E-state index in [1.807, 2.05) is 43.3 Å². The highest BCUT2D eigenvalue weighted by atomic mass is 32.2. The fourth-order valence-corrected chi connectivity index (χ4v) is 3.99. The van der Waals surface area contributed by atoms with E-state index < -0.39 is 9.84 Å². The van der Waals surface area contributed by atoms with E-state index in [1.165, 1.54) is 0 Å². The standard InChI is InChI=1S/C14H20N2O3S/c1-16(2)13-5-3-11(4-6-13)9-15-14(17)12-7-8-20(18,19)10-12/h3-6,12H,7-10H2,1-2H3,(H,15,17)/t12-/m1/s1. The maximum Gasteiger partial charge on any atom is 0.224 e. The zero-order valence-corrected chi connectivity index (χ0v) is 12.6. The van der Waals surface area contributed by atoms with Crippen molar-refractivity contribution in [2.75, 3.05) is 30.5 Å². The first-order valence-corrected chi connectivity index (χ1v) is 8.44. The predicted molar refractivity (Wildman–Crippen MR) is 79.4 cm³/mol. The molecule has 1 fully saturated rings. The second-order valence-electron chi connectivity index (χ2n) is 5.38.